The Morgan fingerprint density at radius 2 is 1.91 bits per heavy atom. The Balaban J connectivity index is 1.42. The van der Waals surface area contributed by atoms with E-state index in [1.54, 1.807) is 23.8 Å². The summed E-state index contributed by atoms with van der Waals surface area (Å²) >= 11 is 0. The first-order valence-corrected chi connectivity index (χ1v) is 15.7. The number of benzene rings is 1. The number of carbonyl (C=O) groups excluding carboxylic acids is 2. The van der Waals surface area contributed by atoms with Gasteiger partial charge in [-0.1, -0.05) is 19.9 Å². The van der Waals surface area contributed by atoms with Gasteiger partial charge >= 0.3 is 0 Å². The van der Waals surface area contributed by atoms with Gasteiger partial charge < -0.3 is 30.9 Å². The Kier molecular flexibility index (Phi) is 9.11. The van der Waals surface area contributed by atoms with Gasteiger partial charge in [0, 0.05) is 74.9 Å². The number of amides is 2. The Morgan fingerprint density at radius 3 is 2.57 bits per heavy atom. The standard InChI is InChI=1S/C33H46F3N5O3/c1-31(2)19-37-26-15-24(8-9-25(26)31)41(30(43)27-16-32(3,44)20-38-27)28(21-14-22(34)18-40(4)17-21)6-5-7-29(42)39-23-10-12-33(35,36)13-11-23/h8-9,14-15,17,23,27-28,37-38,44H,5-7,10-13,16,18-20H2,1-4H3,(H,39,42)/t27-,28?,32-/m1/s1. The molecule has 3 atom stereocenters. The van der Waals surface area contributed by atoms with Crippen LogP contribution in [0.4, 0.5) is 24.5 Å². The highest BCUT2D eigenvalue weighted by atomic mass is 19.3. The zero-order chi connectivity index (χ0) is 31.9. The molecule has 3 aliphatic heterocycles. The molecule has 1 saturated heterocycles. The molecule has 242 valence electrons. The van der Waals surface area contributed by atoms with E-state index in [4.69, 9.17) is 0 Å². The fourth-order valence-electron chi connectivity index (χ4n) is 6.93. The van der Waals surface area contributed by atoms with Crippen LogP contribution in [-0.4, -0.2) is 78.2 Å². The highest BCUT2D eigenvalue weighted by Crippen LogP contribution is 2.40. The van der Waals surface area contributed by atoms with Crippen molar-refractivity contribution in [1.29, 1.82) is 0 Å². The summed E-state index contributed by atoms with van der Waals surface area (Å²) in [6.07, 6.45) is 4.48. The first-order valence-electron chi connectivity index (χ1n) is 15.7. The summed E-state index contributed by atoms with van der Waals surface area (Å²) in [5.41, 5.74) is 2.22. The molecule has 5 rings (SSSR count). The molecule has 2 amide bonds. The summed E-state index contributed by atoms with van der Waals surface area (Å²) in [6, 6.07) is 4.39. The van der Waals surface area contributed by atoms with Crippen LogP contribution >= 0.6 is 0 Å². The van der Waals surface area contributed by atoms with Gasteiger partial charge in [-0.15, -0.1) is 0 Å². The molecule has 2 fully saturated rings. The van der Waals surface area contributed by atoms with Crippen molar-refractivity contribution >= 4 is 23.2 Å². The minimum Gasteiger partial charge on any atom is -0.389 e. The van der Waals surface area contributed by atoms with Gasteiger partial charge in [-0.25, -0.2) is 13.2 Å². The van der Waals surface area contributed by atoms with Gasteiger partial charge in [0.1, 0.15) is 5.83 Å². The molecule has 0 bridgehead atoms. The fraction of sp³-hybridized carbons (Fsp3) is 0.636. The fourth-order valence-corrected chi connectivity index (χ4v) is 6.93. The number of aliphatic hydroxyl groups is 1. The first-order chi connectivity index (χ1) is 20.6. The average molecular weight is 618 g/mol. The maximum atomic E-state index is 14.8. The van der Waals surface area contributed by atoms with Crippen molar-refractivity contribution in [1.82, 2.24) is 15.5 Å². The minimum atomic E-state index is -2.67. The third kappa shape index (κ3) is 7.42. The van der Waals surface area contributed by atoms with Crippen molar-refractivity contribution in [3.63, 3.8) is 0 Å². The monoisotopic (exact) mass is 617 g/mol. The molecule has 1 aromatic carbocycles. The molecule has 0 spiro atoms. The van der Waals surface area contributed by atoms with Crippen LogP contribution in [0.25, 0.3) is 0 Å². The van der Waals surface area contributed by atoms with E-state index in [1.165, 1.54) is 6.08 Å². The summed E-state index contributed by atoms with van der Waals surface area (Å²) in [7, 11) is 1.77. The summed E-state index contributed by atoms with van der Waals surface area (Å²) in [5.74, 6) is -3.45. The van der Waals surface area contributed by atoms with Crippen LogP contribution in [0.5, 0.6) is 0 Å². The third-order valence-corrected chi connectivity index (χ3v) is 9.39. The number of carbonyl (C=O) groups is 2. The van der Waals surface area contributed by atoms with Crippen molar-refractivity contribution in [2.75, 3.05) is 36.9 Å². The molecule has 0 radical (unpaired) electrons. The summed E-state index contributed by atoms with van der Waals surface area (Å²) in [6.45, 7) is 7.16. The van der Waals surface area contributed by atoms with E-state index in [0.717, 1.165) is 17.8 Å². The van der Waals surface area contributed by atoms with Gasteiger partial charge in [-0.3, -0.25) is 9.59 Å². The first kappa shape index (κ1) is 32.3. The van der Waals surface area contributed by atoms with Crippen LogP contribution in [0.3, 0.4) is 0 Å². The molecule has 8 nitrogen and oxygen atoms in total. The van der Waals surface area contributed by atoms with Crippen LogP contribution in [0.2, 0.25) is 0 Å². The van der Waals surface area contributed by atoms with Gasteiger partial charge in [-0.05, 0) is 62.0 Å². The molecule has 44 heavy (non-hydrogen) atoms. The lowest BCUT2D eigenvalue weighted by molar-refractivity contribution is -0.123. The zero-order valence-electron chi connectivity index (χ0n) is 26.2. The Labute approximate surface area is 258 Å². The number of likely N-dealkylation sites (N-methyl/N-ethyl adjacent to an activating group) is 1. The molecule has 11 heteroatoms. The molecule has 1 saturated carbocycles. The predicted octanol–water partition coefficient (Wildman–Crippen LogP) is 4.75. The van der Waals surface area contributed by atoms with Crippen molar-refractivity contribution < 1.29 is 27.9 Å². The van der Waals surface area contributed by atoms with Crippen molar-refractivity contribution in [2.45, 2.75) is 107 Å². The summed E-state index contributed by atoms with van der Waals surface area (Å²) < 4.78 is 42.0. The second kappa shape index (κ2) is 12.4. The number of fused-ring (bicyclic) bond motifs is 1. The zero-order valence-corrected chi connectivity index (χ0v) is 26.2. The molecular weight excluding hydrogens is 571 g/mol. The van der Waals surface area contributed by atoms with Crippen molar-refractivity contribution in [3.05, 3.63) is 47.4 Å². The van der Waals surface area contributed by atoms with E-state index in [1.807, 2.05) is 24.4 Å². The number of nitrogens with zero attached hydrogens (tertiary/aromatic N) is 2. The molecular formula is C33H46F3N5O3. The maximum absolute atomic E-state index is 14.8. The number of hydrogen-bond acceptors (Lipinski definition) is 6. The second-order valence-electron chi connectivity index (χ2n) is 14.1. The van der Waals surface area contributed by atoms with Crippen LogP contribution in [-0.2, 0) is 15.0 Å². The summed E-state index contributed by atoms with van der Waals surface area (Å²) in [4.78, 5) is 30.6. The Morgan fingerprint density at radius 1 is 1.18 bits per heavy atom. The predicted molar refractivity (Wildman–Crippen MR) is 165 cm³/mol. The van der Waals surface area contributed by atoms with E-state index in [9.17, 15) is 27.9 Å². The lowest BCUT2D eigenvalue weighted by Crippen LogP contribution is -2.50. The number of β-amino-alcohol motifs (C(OH)–C–C–N with tert-alkyl or cyclic N) is 1. The number of alkyl halides is 2. The smallest absolute Gasteiger partial charge is 0.248 e. The maximum Gasteiger partial charge on any atom is 0.248 e. The van der Waals surface area contributed by atoms with Crippen LogP contribution < -0.4 is 20.9 Å². The third-order valence-electron chi connectivity index (χ3n) is 9.39. The van der Waals surface area contributed by atoms with Crippen LogP contribution in [0.15, 0.2) is 41.9 Å². The van der Waals surface area contributed by atoms with E-state index in [0.29, 0.717) is 24.1 Å². The normalized spacial score (nSPS) is 26.7. The highest BCUT2D eigenvalue weighted by molar-refractivity contribution is 5.99. The molecule has 1 aliphatic carbocycles. The SMILES string of the molecule is CN1C=C(C(CCCC(=O)NC2CCC(F)(F)CC2)N(C(=O)[C@H]2C[C@@](C)(O)CN2)c2ccc3c(c2)NCC3(C)C)C=C(F)C1. The molecule has 1 unspecified atom stereocenters. The number of rotatable bonds is 9. The molecule has 4 aliphatic rings. The molecule has 1 aromatic rings. The van der Waals surface area contributed by atoms with Crippen molar-refractivity contribution in [2.24, 2.45) is 0 Å². The van der Waals surface area contributed by atoms with E-state index >= 15 is 0 Å². The number of nitrogens with one attached hydrogen (secondary N) is 3. The highest BCUT2D eigenvalue weighted by Gasteiger charge is 2.42. The number of hydrogen-bond donors (Lipinski definition) is 4. The van der Waals surface area contributed by atoms with Gasteiger partial charge in [0.15, 0.2) is 0 Å². The number of anilines is 2. The van der Waals surface area contributed by atoms with E-state index in [-0.39, 0.29) is 80.7 Å². The topological polar surface area (TPSA) is 96.9 Å². The quantitative estimate of drug-likeness (QED) is 0.320. The van der Waals surface area contributed by atoms with Crippen LogP contribution in [0.1, 0.15) is 77.7 Å². The Bertz CT molecular complexity index is 1320. The lowest BCUT2D eigenvalue weighted by Gasteiger charge is -2.37. The van der Waals surface area contributed by atoms with Crippen LogP contribution in [0, 0.1) is 0 Å². The second-order valence-corrected chi connectivity index (χ2v) is 14.1. The average Bonchev–Trinajstić information content (AvgIpc) is 3.46. The van der Waals surface area contributed by atoms with Gasteiger partial charge in [0.2, 0.25) is 17.7 Å². The molecule has 3 heterocycles. The van der Waals surface area contributed by atoms with Gasteiger partial charge in [0.25, 0.3) is 0 Å². The number of halogens is 3. The minimum absolute atomic E-state index is 0.0735. The largest absolute Gasteiger partial charge is 0.389 e. The van der Waals surface area contributed by atoms with Gasteiger partial charge in [0.05, 0.1) is 24.2 Å². The van der Waals surface area contributed by atoms with E-state index < -0.39 is 23.6 Å². The van der Waals surface area contributed by atoms with Crippen molar-refractivity contribution in [3.8, 4) is 0 Å². The van der Waals surface area contributed by atoms with E-state index in [2.05, 4.69) is 29.8 Å². The van der Waals surface area contributed by atoms with Gasteiger partial charge in [-0.2, -0.15) is 0 Å². The summed E-state index contributed by atoms with van der Waals surface area (Å²) in [5, 5.41) is 20.2. The molecule has 4 N–H and O–H groups in total. The lowest BCUT2D eigenvalue weighted by atomic mass is 9.86. The Hall–Kier alpha value is -3.05. The molecule has 0 aromatic heterocycles.